The standard InChI is InChI=1S/C21H31N3OS2/c1-4-23(5-2)14-15-24(20(25)16-10-7-6-8-11-16)21-22-19-17(26-3)12-9-13-18(19)27-21/h9,12-13,16H,4-8,10-11,14-15H2,1-3H3. The molecule has 4 nitrogen and oxygen atoms in total. The molecule has 1 aromatic heterocycles. The van der Waals surface area contributed by atoms with Gasteiger partial charge >= 0.3 is 0 Å². The molecule has 1 aromatic carbocycles. The maximum absolute atomic E-state index is 13.4. The molecule has 1 amide bonds. The maximum Gasteiger partial charge on any atom is 0.231 e. The normalized spacial score (nSPS) is 15.6. The van der Waals surface area contributed by atoms with Crippen LogP contribution >= 0.6 is 23.1 Å². The number of hydrogen-bond donors (Lipinski definition) is 0. The van der Waals surface area contributed by atoms with Crippen LogP contribution in [0, 0.1) is 5.92 Å². The molecule has 148 valence electrons. The number of amides is 1. The minimum Gasteiger partial charge on any atom is -0.302 e. The number of benzene rings is 1. The molecule has 1 aliphatic rings. The fraction of sp³-hybridized carbons (Fsp3) is 0.619. The van der Waals surface area contributed by atoms with Crippen LogP contribution in [-0.2, 0) is 4.79 Å². The smallest absolute Gasteiger partial charge is 0.231 e. The first-order chi connectivity index (χ1) is 13.2. The summed E-state index contributed by atoms with van der Waals surface area (Å²) in [5.74, 6) is 0.453. The van der Waals surface area contributed by atoms with E-state index < -0.39 is 0 Å². The van der Waals surface area contributed by atoms with Crippen molar-refractivity contribution in [3.05, 3.63) is 18.2 Å². The van der Waals surface area contributed by atoms with Crippen LogP contribution in [0.4, 0.5) is 5.13 Å². The molecule has 2 aromatic rings. The van der Waals surface area contributed by atoms with Gasteiger partial charge in [0.1, 0.15) is 0 Å². The number of aromatic nitrogens is 1. The summed E-state index contributed by atoms with van der Waals surface area (Å²) in [6.07, 6.45) is 7.76. The van der Waals surface area contributed by atoms with Gasteiger partial charge in [0.25, 0.3) is 0 Å². The Kier molecular flexibility index (Phi) is 7.56. The number of thiazole rings is 1. The van der Waals surface area contributed by atoms with Gasteiger partial charge in [-0.25, -0.2) is 4.98 Å². The highest BCUT2D eigenvalue weighted by Gasteiger charge is 2.29. The van der Waals surface area contributed by atoms with Gasteiger partial charge in [0.15, 0.2) is 5.13 Å². The molecule has 1 saturated carbocycles. The molecule has 0 saturated heterocycles. The third kappa shape index (κ3) is 4.84. The van der Waals surface area contributed by atoms with Crippen molar-refractivity contribution in [2.75, 3.05) is 37.3 Å². The van der Waals surface area contributed by atoms with E-state index in [9.17, 15) is 4.79 Å². The monoisotopic (exact) mass is 405 g/mol. The van der Waals surface area contributed by atoms with Crippen molar-refractivity contribution in [3.8, 4) is 0 Å². The van der Waals surface area contributed by atoms with Gasteiger partial charge in [0.05, 0.1) is 10.2 Å². The summed E-state index contributed by atoms with van der Waals surface area (Å²) < 4.78 is 1.17. The zero-order valence-corrected chi connectivity index (χ0v) is 18.4. The highest BCUT2D eigenvalue weighted by molar-refractivity contribution is 7.98. The van der Waals surface area contributed by atoms with Crippen molar-refractivity contribution >= 4 is 44.4 Å². The topological polar surface area (TPSA) is 36.4 Å². The lowest BCUT2D eigenvalue weighted by Crippen LogP contribution is -2.42. The largest absolute Gasteiger partial charge is 0.302 e. The highest BCUT2D eigenvalue weighted by Crippen LogP contribution is 2.35. The number of anilines is 1. The first kappa shape index (κ1) is 20.6. The minimum absolute atomic E-state index is 0.169. The second kappa shape index (κ2) is 9.89. The first-order valence-corrected chi connectivity index (χ1v) is 12.2. The average molecular weight is 406 g/mol. The Morgan fingerprint density at radius 2 is 1.93 bits per heavy atom. The van der Waals surface area contributed by atoms with Crippen molar-refractivity contribution in [1.29, 1.82) is 0 Å². The molecule has 0 N–H and O–H groups in total. The lowest BCUT2D eigenvalue weighted by Gasteiger charge is -2.29. The molecular weight excluding hydrogens is 374 g/mol. The predicted octanol–water partition coefficient (Wildman–Crippen LogP) is 5.27. The second-order valence-electron chi connectivity index (χ2n) is 7.16. The number of carbonyl (C=O) groups excluding carboxylic acids is 1. The van der Waals surface area contributed by atoms with E-state index >= 15 is 0 Å². The molecular formula is C21H31N3OS2. The number of likely N-dealkylation sites (N-methyl/N-ethyl adjacent to an activating group) is 1. The molecule has 0 unspecified atom stereocenters. The summed E-state index contributed by atoms with van der Waals surface area (Å²) >= 11 is 3.37. The van der Waals surface area contributed by atoms with Crippen molar-refractivity contribution in [2.24, 2.45) is 5.92 Å². The van der Waals surface area contributed by atoms with E-state index in [0.29, 0.717) is 0 Å². The minimum atomic E-state index is 0.169. The van der Waals surface area contributed by atoms with Crippen molar-refractivity contribution in [1.82, 2.24) is 9.88 Å². The Morgan fingerprint density at radius 3 is 2.59 bits per heavy atom. The van der Waals surface area contributed by atoms with Gasteiger partial charge in [-0.15, -0.1) is 11.8 Å². The van der Waals surface area contributed by atoms with Crippen molar-refractivity contribution in [2.45, 2.75) is 50.8 Å². The molecule has 3 rings (SSSR count). The molecule has 0 spiro atoms. The van der Waals surface area contributed by atoms with Gasteiger partial charge in [0.2, 0.25) is 5.91 Å². The molecule has 1 aliphatic carbocycles. The van der Waals surface area contributed by atoms with E-state index in [-0.39, 0.29) is 11.8 Å². The van der Waals surface area contributed by atoms with Crippen LogP contribution in [0.2, 0.25) is 0 Å². The third-order valence-electron chi connectivity index (χ3n) is 5.58. The van der Waals surface area contributed by atoms with Gasteiger partial charge in [-0.2, -0.15) is 0 Å². The number of fused-ring (bicyclic) bond motifs is 1. The summed E-state index contributed by atoms with van der Waals surface area (Å²) in [5, 5.41) is 0.870. The van der Waals surface area contributed by atoms with Gasteiger partial charge < -0.3 is 4.90 Å². The fourth-order valence-corrected chi connectivity index (χ4v) is 5.50. The maximum atomic E-state index is 13.4. The zero-order chi connectivity index (χ0) is 19.2. The number of carbonyl (C=O) groups is 1. The van der Waals surface area contributed by atoms with Crippen LogP contribution in [0.25, 0.3) is 10.2 Å². The van der Waals surface area contributed by atoms with Gasteiger partial charge in [0, 0.05) is 23.9 Å². The Hall–Kier alpha value is -1.11. The molecule has 0 radical (unpaired) electrons. The molecule has 0 atom stereocenters. The Labute approximate surface area is 171 Å². The number of para-hydroxylation sites is 1. The lowest BCUT2D eigenvalue weighted by atomic mass is 9.88. The summed E-state index contributed by atoms with van der Waals surface area (Å²) in [6, 6.07) is 6.31. The molecule has 1 fully saturated rings. The molecule has 0 aliphatic heterocycles. The average Bonchev–Trinajstić information content (AvgIpc) is 3.15. The zero-order valence-electron chi connectivity index (χ0n) is 16.7. The summed E-state index contributed by atoms with van der Waals surface area (Å²) in [5.41, 5.74) is 1.04. The summed E-state index contributed by atoms with van der Waals surface area (Å²) in [6.45, 7) is 8.01. The Morgan fingerprint density at radius 1 is 1.19 bits per heavy atom. The predicted molar refractivity (Wildman–Crippen MR) is 118 cm³/mol. The number of rotatable bonds is 8. The summed E-state index contributed by atoms with van der Waals surface area (Å²) in [7, 11) is 0. The quantitative estimate of drug-likeness (QED) is 0.560. The van der Waals surface area contributed by atoms with Crippen LogP contribution in [0.1, 0.15) is 46.0 Å². The van der Waals surface area contributed by atoms with Gasteiger partial charge in [-0.05, 0) is 44.3 Å². The van der Waals surface area contributed by atoms with E-state index in [1.54, 1.807) is 23.1 Å². The van der Waals surface area contributed by atoms with Crippen molar-refractivity contribution in [3.63, 3.8) is 0 Å². The second-order valence-corrected chi connectivity index (χ2v) is 9.01. The third-order valence-corrected chi connectivity index (χ3v) is 7.39. The Bertz CT molecular complexity index is 751. The molecule has 1 heterocycles. The van der Waals surface area contributed by atoms with Gasteiger partial charge in [-0.3, -0.25) is 9.69 Å². The van der Waals surface area contributed by atoms with E-state index in [1.165, 1.54) is 28.9 Å². The highest BCUT2D eigenvalue weighted by atomic mass is 32.2. The molecule has 6 heteroatoms. The van der Waals surface area contributed by atoms with E-state index in [2.05, 4.69) is 43.2 Å². The SMILES string of the molecule is CCN(CC)CCN(C(=O)C1CCCCC1)c1nc2c(SC)cccc2s1. The van der Waals surface area contributed by atoms with Crippen LogP contribution in [0.5, 0.6) is 0 Å². The molecule has 0 bridgehead atoms. The first-order valence-electron chi connectivity index (χ1n) is 10.1. The van der Waals surface area contributed by atoms with Crippen LogP contribution in [0.15, 0.2) is 23.1 Å². The van der Waals surface area contributed by atoms with E-state index in [0.717, 1.165) is 49.7 Å². The number of thioether (sulfide) groups is 1. The van der Waals surface area contributed by atoms with Gasteiger partial charge in [-0.1, -0.05) is 50.5 Å². The van der Waals surface area contributed by atoms with Crippen LogP contribution in [-0.4, -0.2) is 48.2 Å². The van der Waals surface area contributed by atoms with Crippen molar-refractivity contribution < 1.29 is 4.79 Å². The van der Waals surface area contributed by atoms with Crippen LogP contribution < -0.4 is 4.90 Å². The lowest BCUT2D eigenvalue weighted by molar-refractivity contribution is -0.123. The van der Waals surface area contributed by atoms with E-state index in [4.69, 9.17) is 4.98 Å². The van der Waals surface area contributed by atoms with E-state index in [1.807, 2.05) is 4.90 Å². The number of hydrogen-bond acceptors (Lipinski definition) is 5. The molecule has 27 heavy (non-hydrogen) atoms. The number of nitrogens with zero attached hydrogens (tertiary/aromatic N) is 3. The Balaban J connectivity index is 1.89. The van der Waals surface area contributed by atoms with Crippen LogP contribution in [0.3, 0.4) is 0 Å². The summed E-state index contributed by atoms with van der Waals surface area (Å²) in [4.78, 5) is 23.9. The fourth-order valence-electron chi connectivity index (χ4n) is 3.84.